The minimum atomic E-state index is -5.17. The van der Waals surface area contributed by atoms with E-state index in [0.29, 0.717) is 5.69 Å². The lowest BCUT2D eigenvalue weighted by Gasteiger charge is -2.35. The van der Waals surface area contributed by atoms with Crippen LogP contribution in [0.1, 0.15) is 50.5 Å². The second kappa shape index (κ2) is 10.5. The number of aromatic nitrogens is 1. The molecule has 2 aliphatic heterocycles. The van der Waals surface area contributed by atoms with Crippen LogP contribution in [0.4, 0.5) is 18.9 Å². The van der Waals surface area contributed by atoms with E-state index < -0.39 is 53.5 Å². The summed E-state index contributed by atoms with van der Waals surface area (Å²) >= 11 is 0. The number of likely N-dealkylation sites (N-methyl/N-ethyl adjacent to an activating group) is 1. The molecule has 0 bridgehead atoms. The lowest BCUT2D eigenvalue weighted by atomic mass is 9.97. The Morgan fingerprint density at radius 1 is 1.27 bits per heavy atom. The number of ether oxygens (including phenoxy) is 1. The van der Waals surface area contributed by atoms with Gasteiger partial charge >= 0.3 is 12.1 Å². The molecule has 0 unspecified atom stereocenters. The van der Waals surface area contributed by atoms with Gasteiger partial charge in [0.1, 0.15) is 23.8 Å². The van der Waals surface area contributed by atoms with E-state index in [-0.39, 0.29) is 43.5 Å². The highest BCUT2D eigenvalue weighted by Gasteiger charge is 2.57. The van der Waals surface area contributed by atoms with Gasteiger partial charge < -0.3 is 25.2 Å². The van der Waals surface area contributed by atoms with Gasteiger partial charge in [-0.1, -0.05) is 25.7 Å². The van der Waals surface area contributed by atoms with E-state index in [1.807, 2.05) is 5.32 Å². The molecule has 14 heteroatoms. The van der Waals surface area contributed by atoms with Gasteiger partial charge in [-0.3, -0.25) is 19.2 Å². The highest BCUT2D eigenvalue weighted by Crippen LogP contribution is 2.41. The van der Waals surface area contributed by atoms with Gasteiger partial charge in [-0.05, 0) is 43.2 Å². The van der Waals surface area contributed by atoms with E-state index in [4.69, 9.17) is 4.74 Å². The molecule has 41 heavy (non-hydrogen) atoms. The summed E-state index contributed by atoms with van der Waals surface area (Å²) in [7, 11) is 1.33. The van der Waals surface area contributed by atoms with Gasteiger partial charge in [0.25, 0.3) is 5.91 Å². The van der Waals surface area contributed by atoms with Crippen molar-refractivity contribution in [2.45, 2.75) is 81.8 Å². The third-order valence-corrected chi connectivity index (χ3v) is 8.18. The van der Waals surface area contributed by atoms with Gasteiger partial charge in [0.2, 0.25) is 23.3 Å². The number of alkyl halides is 3. The van der Waals surface area contributed by atoms with Crippen LogP contribution in [0.3, 0.4) is 0 Å². The summed E-state index contributed by atoms with van der Waals surface area (Å²) in [5, 5.41) is 14.5. The molecule has 5 rings (SSSR count). The smallest absolute Gasteiger partial charge is 0.457 e. The number of rotatable bonds is 8. The number of hydrogen-bond acceptors (Lipinski definition) is 7. The third-order valence-electron chi connectivity index (χ3n) is 8.18. The summed E-state index contributed by atoms with van der Waals surface area (Å²) in [5.74, 6) is -3.88. The van der Waals surface area contributed by atoms with Crippen molar-refractivity contribution in [1.29, 1.82) is 5.26 Å². The summed E-state index contributed by atoms with van der Waals surface area (Å²) in [5.41, 5.74) is -0.407. The number of carbonyl (C=O) groups is 4. The van der Waals surface area contributed by atoms with Crippen LogP contribution in [0, 0.1) is 30.1 Å². The van der Waals surface area contributed by atoms with E-state index in [2.05, 4.69) is 16.4 Å². The Hall–Kier alpha value is -3.89. The van der Waals surface area contributed by atoms with Crippen molar-refractivity contribution >= 4 is 29.3 Å². The average Bonchev–Trinajstić information content (AvgIpc) is 3.85. The first-order chi connectivity index (χ1) is 19.3. The lowest BCUT2D eigenvalue weighted by Crippen LogP contribution is -2.58. The van der Waals surface area contributed by atoms with Crippen molar-refractivity contribution < 1.29 is 37.1 Å². The van der Waals surface area contributed by atoms with Crippen LogP contribution in [-0.4, -0.2) is 81.9 Å². The first-order valence-electron chi connectivity index (χ1n) is 13.6. The summed E-state index contributed by atoms with van der Waals surface area (Å²) in [6.45, 7) is 1.53. The number of anilines is 1. The van der Waals surface area contributed by atoms with Crippen LogP contribution in [0.5, 0.6) is 5.88 Å². The molecule has 4 amide bonds. The summed E-state index contributed by atoms with van der Waals surface area (Å²) in [6.07, 6.45) is -0.353. The zero-order valence-corrected chi connectivity index (χ0v) is 22.7. The van der Waals surface area contributed by atoms with Crippen LogP contribution in [-0.2, 0) is 19.2 Å². The second-order valence-corrected chi connectivity index (χ2v) is 11.6. The average molecular weight is 577 g/mol. The van der Waals surface area contributed by atoms with Crippen molar-refractivity contribution in [2.24, 2.45) is 11.8 Å². The molecule has 0 aromatic carbocycles. The van der Waals surface area contributed by atoms with Gasteiger partial charge in [-0.15, -0.1) is 0 Å². The zero-order chi connectivity index (χ0) is 29.7. The van der Waals surface area contributed by atoms with Crippen molar-refractivity contribution in [1.82, 2.24) is 20.1 Å². The Labute approximate surface area is 234 Å². The minimum Gasteiger partial charge on any atom is -0.457 e. The van der Waals surface area contributed by atoms with Gasteiger partial charge in [-0.25, -0.2) is 4.98 Å². The molecule has 1 aromatic rings. The molecule has 3 heterocycles. The van der Waals surface area contributed by atoms with Crippen LogP contribution >= 0.6 is 0 Å². The monoisotopic (exact) mass is 576 g/mol. The summed E-state index contributed by atoms with van der Waals surface area (Å²) < 4.78 is 45.1. The van der Waals surface area contributed by atoms with Crippen LogP contribution in [0.15, 0.2) is 12.3 Å². The van der Waals surface area contributed by atoms with Crippen molar-refractivity contribution in [3.8, 4) is 11.9 Å². The zero-order valence-electron chi connectivity index (χ0n) is 22.7. The van der Waals surface area contributed by atoms with Gasteiger partial charge in [0.15, 0.2) is 0 Å². The number of hydrogen-bond donors (Lipinski definition) is 2. The molecule has 2 saturated carbocycles. The Bertz CT molecular complexity index is 1310. The quantitative estimate of drug-likeness (QED) is 0.482. The molecule has 2 aliphatic carbocycles. The maximum absolute atomic E-state index is 14.0. The Balaban J connectivity index is 1.38. The Kier molecular flexibility index (Phi) is 7.33. The standard InChI is InChI=1S/C27H31F3N6O5/c1-14-7-18-21(32-12-14)41-26(24(39)33-18)10-17(11-31)36(13-26)23(38)20(9-16-5-6-16)35(2)22(37)19(8-15-3-4-15)34-25(40)27(28,29)30/h7,12,15-17,19-20H,3-6,8-10,13H2,1-2H3,(H,33,39)(H,34,40)/t17-,19-,20-,26+/m0/s1. The topological polar surface area (TPSA) is 145 Å². The molecule has 1 spiro atoms. The number of halogens is 3. The van der Waals surface area contributed by atoms with Crippen LogP contribution < -0.4 is 15.4 Å². The fourth-order valence-corrected chi connectivity index (χ4v) is 5.49. The van der Waals surface area contributed by atoms with E-state index in [9.17, 15) is 37.6 Å². The summed E-state index contributed by atoms with van der Waals surface area (Å²) in [4.78, 5) is 58.9. The first-order valence-corrected chi connectivity index (χ1v) is 13.6. The van der Waals surface area contributed by atoms with E-state index >= 15 is 0 Å². The predicted octanol–water partition coefficient (Wildman–Crippen LogP) is 2.06. The van der Waals surface area contributed by atoms with Gasteiger partial charge in [0.05, 0.1) is 12.6 Å². The molecule has 1 saturated heterocycles. The normalized spacial score (nSPS) is 24.9. The molecule has 4 atom stereocenters. The molecule has 0 radical (unpaired) electrons. The van der Waals surface area contributed by atoms with Crippen LogP contribution in [0.2, 0.25) is 0 Å². The molecular formula is C27H31F3N6O5. The molecule has 2 N–H and O–H groups in total. The highest BCUT2D eigenvalue weighted by atomic mass is 19.4. The number of carbonyl (C=O) groups excluding carboxylic acids is 4. The molecule has 4 aliphatic rings. The van der Waals surface area contributed by atoms with Gasteiger partial charge in [-0.2, -0.15) is 18.4 Å². The SMILES string of the molecule is Cc1cnc2c(c1)NC(=O)[C@]1(C[C@@H](C#N)N(C(=O)[C@H](CC3CC3)N(C)C(=O)[C@H](CC3CC3)NC(=O)C(F)(F)F)C1)O2. The number of fused-ring (bicyclic) bond motifs is 1. The fourth-order valence-electron chi connectivity index (χ4n) is 5.49. The number of likely N-dealkylation sites (tertiary alicyclic amines) is 1. The maximum Gasteiger partial charge on any atom is 0.471 e. The molecule has 3 fully saturated rings. The Morgan fingerprint density at radius 2 is 1.93 bits per heavy atom. The minimum absolute atomic E-state index is 0.00659. The number of pyridine rings is 1. The number of nitrogens with one attached hydrogen (secondary N) is 2. The second-order valence-electron chi connectivity index (χ2n) is 11.6. The largest absolute Gasteiger partial charge is 0.471 e. The van der Waals surface area contributed by atoms with Crippen molar-refractivity contribution in [3.05, 3.63) is 17.8 Å². The molecule has 11 nitrogen and oxygen atoms in total. The van der Waals surface area contributed by atoms with E-state index in [0.717, 1.165) is 36.1 Å². The highest BCUT2D eigenvalue weighted by molar-refractivity contribution is 6.02. The number of aryl methyl sites for hydroxylation is 1. The van der Waals surface area contributed by atoms with Crippen LogP contribution in [0.25, 0.3) is 0 Å². The molecule has 1 aromatic heterocycles. The number of nitriles is 1. The predicted molar refractivity (Wildman–Crippen MR) is 136 cm³/mol. The molecular weight excluding hydrogens is 545 g/mol. The molecule has 220 valence electrons. The number of amides is 4. The van der Waals surface area contributed by atoms with E-state index in [1.54, 1.807) is 19.2 Å². The third kappa shape index (κ3) is 5.94. The van der Waals surface area contributed by atoms with E-state index in [1.165, 1.54) is 11.9 Å². The lowest BCUT2D eigenvalue weighted by molar-refractivity contribution is -0.175. The van der Waals surface area contributed by atoms with Crippen molar-refractivity contribution in [2.75, 3.05) is 18.9 Å². The summed E-state index contributed by atoms with van der Waals surface area (Å²) in [6, 6.07) is 0.124. The maximum atomic E-state index is 14.0. The first kappa shape index (κ1) is 28.6. The Morgan fingerprint density at radius 3 is 2.54 bits per heavy atom. The van der Waals surface area contributed by atoms with Crippen molar-refractivity contribution in [3.63, 3.8) is 0 Å². The number of nitrogens with zero attached hydrogens (tertiary/aromatic N) is 4. The fraction of sp³-hybridized carbons (Fsp3) is 0.630. The van der Waals surface area contributed by atoms with Gasteiger partial charge in [0, 0.05) is 19.7 Å².